The van der Waals surface area contributed by atoms with Crippen molar-refractivity contribution in [2.75, 3.05) is 0 Å². The number of aromatic nitrogens is 2. The van der Waals surface area contributed by atoms with Crippen LogP contribution in [0.25, 0.3) is 11.4 Å². The SMILES string of the molecule is CCC(F)CCCc1ccc(-c2ncc(C)cn2)cc1. The summed E-state index contributed by atoms with van der Waals surface area (Å²) in [6, 6.07) is 8.23. The van der Waals surface area contributed by atoms with Gasteiger partial charge in [0.05, 0.1) is 6.17 Å². The van der Waals surface area contributed by atoms with Gasteiger partial charge in [-0.2, -0.15) is 0 Å². The van der Waals surface area contributed by atoms with E-state index in [1.54, 1.807) is 0 Å². The maximum atomic E-state index is 13.1. The van der Waals surface area contributed by atoms with E-state index in [0.29, 0.717) is 12.8 Å². The lowest BCUT2D eigenvalue weighted by molar-refractivity contribution is 0.300. The first kappa shape index (κ1) is 14.6. The van der Waals surface area contributed by atoms with Crippen molar-refractivity contribution in [3.05, 3.63) is 47.8 Å². The second kappa shape index (κ2) is 7.13. The minimum Gasteiger partial charge on any atom is -0.248 e. The topological polar surface area (TPSA) is 25.8 Å². The molecule has 0 radical (unpaired) electrons. The summed E-state index contributed by atoms with van der Waals surface area (Å²) in [5, 5.41) is 0. The minimum atomic E-state index is -0.657. The second-order valence-corrected chi connectivity index (χ2v) is 5.18. The van der Waals surface area contributed by atoms with Gasteiger partial charge in [-0.3, -0.25) is 0 Å². The van der Waals surface area contributed by atoms with Crippen molar-refractivity contribution < 1.29 is 4.39 Å². The molecule has 0 bridgehead atoms. The highest BCUT2D eigenvalue weighted by atomic mass is 19.1. The van der Waals surface area contributed by atoms with E-state index in [1.165, 1.54) is 5.56 Å². The Morgan fingerprint density at radius 1 is 1.10 bits per heavy atom. The lowest BCUT2D eigenvalue weighted by atomic mass is 10.0. The van der Waals surface area contributed by atoms with Gasteiger partial charge in [-0.05, 0) is 43.7 Å². The molecule has 20 heavy (non-hydrogen) atoms. The monoisotopic (exact) mass is 272 g/mol. The fraction of sp³-hybridized carbons (Fsp3) is 0.412. The Bertz CT molecular complexity index is 520. The molecule has 0 aliphatic carbocycles. The van der Waals surface area contributed by atoms with Crippen LogP contribution in [-0.2, 0) is 6.42 Å². The van der Waals surface area contributed by atoms with Crippen LogP contribution < -0.4 is 0 Å². The van der Waals surface area contributed by atoms with E-state index in [-0.39, 0.29) is 0 Å². The van der Waals surface area contributed by atoms with Crippen LogP contribution in [-0.4, -0.2) is 16.1 Å². The molecule has 0 N–H and O–H groups in total. The largest absolute Gasteiger partial charge is 0.248 e. The number of halogens is 1. The maximum Gasteiger partial charge on any atom is 0.159 e. The molecule has 1 aromatic heterocycles. The molecule has 0 aliphatic heterocycles. The van der Waals surface area contributed by atoms with Crippen LogP contribution in [0.4, 0.5) is 4.39 Å². The molecule has 2 aromatic rings. The molecule has 0 fully saturated rings. The number of hydrogen-bond donors (Lipinski definition) is 0. The molecule has 1 aromatic carbocycles. The summed E-state index contributed by atoms with van der Waals surface area (Å²) >= 11 is 0. The molecular weight excluding hydrogens is 251 g/mol. The Balaban J connectivity index is 1.94. The zero-order valence-corrected chi connectivity index (χ0v) is 12.1. The van der Waals surface area contributed by atoms with Crippen molar-refractivity contribution in [1.29, 1.82) is 0 Å². The van der Waals surface area contributed by atoms with Gasteiger partial charge in [0.2, 0.25) is 0 Å². The van der Waals surface area contributed by atoms with Crippen molar-refractivity contribution in [2.24, 2.45) is 0 Å². The van der Waals surface area contributed by atoms with Crippen LogP contribution in [0.1, 0.15) is 37.3 Å². The van der Waals surface area contributed by atoms with Gasteiger partial charge in [0, 0.05) is 18.0 Å². The van der Waals surface area contributed by atoms with E-state index in [2.05, 4.69) is 22.1 Å². The average Bonchev–Trinajstić information content (AvgIpc) is 2.48. The van der Waals surface area contributed by atoms with Gasteiger partial charge >= 0.3 is 0 Å². The summed E-state index contributed by atoms with van der Waals surface area (Å²) in [5.41, 5.74) is 3.32. The minimum absolute atomic E-state index is 0.615. The Morgan fingerprint density at radius 2 is 1.75 bits per heavy atom. The van der Waals surface area contributed by atoms with Crippen molar-refractivity contribution in [2.45, 2.75) is 45.7 Å². The van der Waals surface area contributed by atoms with Gasteiger partial charge < -0.3 is 0 Å². The molecule has 0 spiro atoms. The highest BCUT2D eigenvalue weighted by molar-refractivity contribution is 5.55. The van der Waals surface area contributed by atoms with Crippen LogP contribution >= 0.6 is 0 Å². The van der Waals surface area contributed by atoms with E-state index < -0.39 is 6.17 Å². The molecule has 1 atom stereocenters. The highest BCUT2D eigenvalue weighted by Gasteiger charge is 2.04. The van der Waals surface area contributed by atoms with Crippen LogP contribution in [0.3, 0.4) is 0 Å². The van der Waals surface area contributed by atoms with E-state index in [9.17, 15) is 4.39 Å². The first-order valence-corrected chi connectivity index (χ1v) is 7.21. The van der Waals surface area contributed by atoms with Crippen molar-refractivity contribution >= 4 is 0 Å². The third kappa shape index (κ3) is 4.12. The highest BCUT2D eigenvalue weighted by Crippen LogP contribution is 2.17. The smallest absolute Gasteiger partial charge is 0.159 e. The van der Waals surface area contributed by atoms with Gasteiger partial charge in [-0.15, -0.1) is 0 Å². The second-order valence-electron chi connectivity index (χ2n) is 5.18. The molecule has 0 saturated heterocycles. The Labute approximate surface area is 120 Å². The van der Waals surface area contributed by atoms with Gasteiger partial charge in [-0.1, -0.05) is 31.2 Å². The normalized spacial score (nSPS) is 12.3. The van der Waals surface area contributed by atoms with Crippen LogP contribution in [0.15, 0.2) is 36.7 Å². The third-order valence-electron chi connectivity index (χ3n) is 3.42. The maximum absolute atomic E-state index is 13.1. The Hall–Kier alpha value is -1.77. The Kier molecular flexibility index (Phi) is 5.22. The first-order chi connectivity index (χ1) is 9.69. The Morgan fingerprint density at radius 3 is 2.35 bits per heavy atom. The third-order valence-corrected chi connectivity index (χ3v) is 3.42. The van der Waals surface area contributed by atoms with Crippen molar-refractivity contribution in [1.82, 2.24) is 9.97 Å². The number of nitrogens with zero attached hydrogens (tertiary/aromatic N) is 2. The molecule has 1 unspecified atom stereocenters. The molecule has 0 saturated carbocycles. The molecule has 0 aliphatic rings. The van der Waals surface area contributed by atoms with E-state index >= 15 is 0 Å². The lowest BCUT2D eigenvalue weighted by Gasteiger charge is -2.06. The number of aryl methyl sites for hydroxylation is 2. The predicted molar refractivity (Wildman–Crippen MR) is 80.3 cm³/mol. The van der Waals surface area contributed by atoms with Crippen LogP contribution in [0, 0.1) is 6.92 Å². The van der Waals surface area contributed by atoms with Crippen molar-refractivity contribution in [3.63, 3.8) is 0 Å². The predicted octanol–water partition coefficient (Wildman–Crippen LogP) is 4.52. The first-order valence-electron chi connectivity index (χ1n) is 7.21. The summed E-state index contributed by atoms with van der Waals surface area (Å²) in [5.74, 6) is 0.747. The van der Waals surface area contributed by atoms with Crippen molar-refractivity contribution in [3.8, 4) is 11.4 Å². The molecular formula is C17H21FN2. The van der Waals surface area contributed by atoms with Gasteiger partial charge in [0.1, 0.15) is 0 Å². The van der Waals surface area contributed by atoms with Crippen LogP contribution in [0.5, 0.6) is 0 Å². The lowest BCUT2D eigenvalue weighted by Crippen LogP contribution is -1.98. The number of benzene rings is 1. The quantitative estimate of drug-likeness (QED) is 0.772. The molecule has 0 amide bonds. The fourth-order valence-electron chi connectivity index (χ4n) is 2.09. The number of rotatable bonds is 6. The van der Waals surface area contributed by atoms with Gasteiger partial charge in [0.25, 0.3) is 0 Å². The van der Waals surface area contributed by atoms with Gasteiger partial charge in [0.15, 0.2) is 5.82 Å². The van der Waals surface area contributed by atoms with E-state index in [0.717, 1.165) is 29.8 Å². The summed E-state index contributed by atoms with van der Waals surface area (Å²) < 4.78 is 13.1. The molecule has 106 valence electrons. The van der Waals surface area contributed by atoms with Gasteiger partial charge in [-0.25, -0.2) is 14.4 Å². The van der Waals surface area contributed by atoms with E-state index in [4.69, 9.17) is 0 Å². The average molecular weight is 272 g/mol. The summed E-state index contributed by atoms with van der Waals surface area (Å²) in [6.45, 7) is 3.86. The fourth-order valence-corrected chi connectivity index (χ4v) is 2.09. The molecule has 2 nitrogen and oxygen atoms in total. The van der Waals surface area contributed by atoms with Crippen LogP contribution in [0.2, 0.25) is 0 Å². The zero-order chi connectivity index (χ0) is 14.4. The number of hydrogen-bond acceptors (Lipinski definition) is 2. The molecule has 2 rings (SSSR count). The van der Waals surface area contributed by atoms with E-state index in [1.807, 2.05) is 38.4 Å². The summed E-state index contributed by atoms with van der Waals surface area (Å²) in [7, 11) is 0. The molecule has 3 heteroatoms. The zero-order valence-electron chi connectivity index (χ0n) is 12.1. The standard InChI is InChI=1S/C17H21FN2/c1-3-16(18)6-4-5-14-7-9-15(10-8-14)17-19-11-13(2)12-20-17/h7-12,16H,3-6H2,1-2H3. The summed E-state index contributed by atoms with van der Waals surface area (Å²) in [6.07, 6.45) is 6.08. The summed E-state index contributed by atoms with van der Waals surface area (Å²) in [4.78, 5) is 8.63. The number of alkyl halides is 1. The molecule has 1 heterocycles.